The summed E-state index contributed by atoms with van der Waals surface area (Å²) in [5.41, 5.74) is 2.52. The lowest BCUT2D eigenvalue weighted by Gasteiger charge is -2.33. The van der Waals surface area contributed by atoms with Crippen molar-refractivity contribution < 1.29 is 5.11 Å². The molecule has 1 aliphatic rings. The van der Waals surface area contributed by atoms with E-state index in [2.05, 4.69) is 45.0 Å². The van der Waals surface area contributed by atoms with Gasteiger partial charge in [0.05, 0.1) is 5.60 Å². The van der Waals surface area contributed by atoms with Crippen LogP contribution in [0, 0.1) is 5.92 Å². The molecule has 1 heteroatoms. The van der Waals surface area contributed by atoms with Gasteiger partial charge in [0.25, 0.3) is 0 Å². The molecule has 0 atom stereocenters. The van der Waals surface area contributed by atoms with Gasteiger partial charge in [-0.1, -0.05) is 45.0 Å². The van der Waals surface area contributed by atoms with Crippen LogP contribution in [-0.2, 0) is 5.41 Å². The molecule has 0 saturated heterocycles. The first-order valence-electron chi connectivity index (χ1n) is 6.96. The molecule has 0 spiro atoms. The molecule has 0 amide bonds. The normalized spacial score (nSPS) is 20.9. The minimum absolute atomic E-state index is 0.205. The number of rotatable bonds is 1. The predicted octanol–water partition coefficient (Wildman–Crippen LogP) is 4.23. The molecule has 1 fully saturated rings. The predicted molar refractivity (Wildman–Crippen MR) is 76.6 cm³/mol. The van der Waals surface area contributed by atoms with Crippen molar-refractivity contribution in [3.63, 3.8) is 0 Å². The number of benzene rings is 1. The van der Waals surface area contributed by atoms with Gasteiger partial charge in [-0.15, -0.1) is 0 Å². The maximum absolute atomic E-state index is 10.0. The molecule has 1 saturated carbocycles. The summed E-state index contributed by atoms with van der Waals surface area (Å²) in [6.45, 7) is 8.71. The first kappa shape index (κ1) is 13.6. The maximum atomic E-state index is 10.0. The highest BCUT2D eigenvalue weighted by atomic mass is 16.3. The molecule has 1 aromatic rings. The largest absolute Gasteiger partial charge is 0.390 e. The SMILES string of the molecule is CC1(O)CC[C](c2cccc(C(C)(C)C)c2)CC1. The molecule has 0 bridgehead atoms. The van der Waals surface area contributed by atoms with Crippen LogP contribution in [0.2, 0.25) is 0 Å². The van der Waals surface area contributed by atoms with Crippen molar-refractivity contribution >= 4 is 0 Å². The zero-order chi connectivity index (χ0) is 13.4. The second-order valence-corrected chi connectivity index (χ2v) is 6.93. The number of hydrogen-bond donors (Lipinski definition) is 1. The van der Waals surface area contributed by atoms with E-state index < -0.39 is 5.60 Å². The molecular formula is C17H25O. The van der Waals surface area contributed by atoms with Gasteiger partial charge in [0.15, 0.2) is 0 Å². The van der Waals surface area contributed by atoms with Crippen LogP contribution < -0.4 is 0 Å². The first-order chi connectivity index (χ1) is 8.28. The second-order valence-electron chi connectivity index (χ2n) is 6.93. The third-order valence-corrected chi connectivity index (χ3v) is 4.07. The van der Waals surface area contributed by atoms with E-state index in [1.807, 2.05) is 6.92 Å². The van der Waals surface area contributed by atoms with Gasteiger partial charge < -0.3 is 5.11 Å². The molecule has 1 radical (unpaired) electrons. The summed E-state index contributed by atoms with van der Waals surface area (Å²) in [7, 11) is 0. The molecule has 0 aliphatic heterocycles. The van der Waals surface area contributed by atoms with Gasteiger partial charge in [-0.3, -0.25) is 0 Å². The van der Waals surface area contributed by atoms with E-state index in [4.69, 9.17) is 0 Å². The fourth-order valence-electron chi connectivity index (χ4n) is 2.58. The van der Waals surface area contributed by atoms with E-state index in [0.29, 0.717) is 0 Å². The molecule has 0 unspecified atom stereocenters. The summed E-state index contributed by atoms with van der Waals surface area (Å²) < 4.78 is 0. The monoisotopic (exact) mass is 245 g/mol. The Morgan fingerprint density at radius 1 is 1.11 bits per heavy atom. The minimum Gasteiger partial charge on any atom is -0.390 e. The van der Waals surface area contributed by atoms with Gasteiger partial charge in [0.1, 0.15) is 0 Å². The Bertz CT molecular complexity index is 402. The molecule has 99 valence electrons. The fourth-order valence-corrected chi connectivity index (χ4v) is 2.58. The molecule has 2 rings (SSSR count). The average Bonchev–Trinajstić information content (AvgIpc) is 2.28. The Morgan fingerprint density at radius 2 is 1.72 bits per heavy atom. The summed E-state index contributed by atoms with van der Waals surface area (Å²) in [6, 6.07) is 8.92. The molecule has 1 aliphatic carbocycles. The Kier molecular flexibility index (Phi) is 3.55. The van der Waals surface area contributed by atoms with E-state index >= 15 is 0 Å². The summed E-state index contributed by atoms with van der Waals surface area (Å²) in [5, 5.41) is 10.0. The van der Waals surface area contributed by atoms with Crippen molar-refractivity contribution in [2.24, 2.45) is 0 Å². The number of aliphatic hydroxyl groups is 1. The molecule has 0 heterocycles. The molecule has 1 nitrogen and oxygen atoms in total. The fraction of sp³-hybridized carbons (Fsp3) is 0.588. The zero-order valence-electron chi connectivity index (χ0n) is 12.1. The summed E-state index contributed by atoms with van der Waals surface area (Å²) in [4.78, 5) is 0. The zero-order valence-corrected chi connectivity index (χ0v) is 12.1. The van der Waals surface area contributed by atoms with Gasteiger partial charge in [-0.25, -0.2) is 0 Å². The van der Waals surface area contributed by atoms with Crippen LogP contribution in [0.25, 0.3) is 0 Å². The van der Waals surface area contributed by atoms with Gasteiger partial charge in [-0.05, 0) is 49.1 Å². The summed E-state index contributed by atoms with van der Waals surface area (Å²) >= 11 is 0. The molecule has 18 heavy (non-hydrogen) atoms. The Labute approximate surface area is 111 Å². The van der Waals surface area contributed by atoms with Crippen molar-refractivity contribution in [2.75, 3.05) is 0 Å². The van der Waals surface area contributed by atoms with Crippen LogP contribution in [0.4, 0.5) is 0 Å². The highest BCUT2D eigenvalue weighted by Crippen LogP contribution is 2.37. The first-order valence-corrected chi connectivity index (χ1v) is 6.96. The maximum Gasteiger partial charge on any atom is 0.0620 e. The Balaban J connectivity index is 2.15. The Morgan fingerprint density at radius 3 is 2.28 bits per heavy atom. The molecule has 1 N–H and O–H groups in total. The van der Waals surface area contributed by atoms with Crippen LogP contribution in [0.1, 0.15) is 64.5 Å². The van der Waals surface area contributed by atoms with E-state index in [1.54, 1.807) is 0 Å². The van der Waals surface area contributed by atoms with Gasteiger partial charge in [0, 0.05) is 5.92 Å². The van der Waals surface area contributed by atoms with Crippen LogP contribution in [-0.4, -0.2) is 10.7 Å². The standard InChI is InChI=1S/C17H25O/c1-16(2,3)15-7-5-6-14(12-15)13-8-10-17(4,18)11-9-13/h5-7,12,18H,8-11H2,1-4H3. The highest BCUT2D eigenvalue weighted by Gasteiger charge is 2.30. The van der Waals surface area contributed by atoms with Crippen molar-refractivity contribution in [2.45, 2.75) is 64.4 Å². The van der Waals surface area contributed by atoms with E-state index in [9.17, 15) is 5.11 Å². The third-order valence-electron chi connectivity index (χ3n) is 4.07. The van der Waals surface area contributed by atoms with Gasteiger partial charge >= 0.3 is 0 Å². The highest BCUT2D eigenvalue weighted by molar-refractivity contribution is 5.37. The number of hydrogen-bond acceptors (Lipinski definition) is 1. The topological polar surface area (TPSA) is 20.2 Å². The minimum atomic E-state index is -0.453. The van der Waals surface area contributed by atoms with Crippen molar-refractivity contribution in [3.8, 4) is 0 Å². The van der Waals surface area contributed by atoms with Gasteiger partial charge in [0.2, 0.25) is 0 Å². The lowest BCUT2D eigenvalue weighted by atomic mass is 9.76. The lowest BCUT2D eigenvalue weighted by Crippen LogP contribution is -2.30. The molecule has 1 aromatic carbocycles. The summed E-state index contributed by atoms with van der Waals surface area (Å²) in [5.74, 6) is 1.51. The average molecular weight is 245 g/mol. The molecular weight excluding hydrogens is 220 g/mol. The van der Waals surface area contributed by atoms with Crippen molar-refractivity contribution in [1.29, 1.82) is 0 Å². The third kappa shape index (κ3) is 3.14. The van der Waals surface area contributed by atoms with Crippen molar-refractivity contribution in [1.82, 2.24) is 0 Å². The second kappa shape index (κ2) is 4.70. The van der Waals surface area contributed by atoms with E-state index in [0.717, 1.165) is 25.7 Å². The quantitative estimate of drug-likeness (QED) is 0.785. The van der Waals surface area contributed by atoms with Crippen molar-refractivity contribution in [3.05, 3.63) is 41.3 Å². The lowest BCUT2D eigenvalue weighted by molar-refractivity contribution is 0.0285. The van der Waals surface area contributed by atoms with Gasteiger partial charge in [-0.2, -0.15) is 0 Å². The van der Waals surface area contributed by atoms with Crippen LogP contribution in [0.15, 0.2) is 24.3 Å². The van der Waals surface area contributed by atoms with E-state index in [-0.39, 0.29) is 5.41 Å². The molecule has 0 aromatic heterocycles. The van der Waals surface area contributed by atoms with Crippen LogP contribution >= 0.6 is 0 Å². The van der Waals surface area contributed by atoms with E-state index in [1.165, 1.54) is 17.0 Å². The Hall–Kier alpha value is -0.820. The summed E-state index contributed by atoms with van der Waals surface area (Å²) in [6.07, 6.45) is 3.84. The van der Waals surface area contributed by atoms with Crippen LogP contribution in [0.3, 0.4) is 0 Å². The smallest absolute Gasteiger partial charge is 0.0620 e. The van der Waals surface area contributed by atoms with Crippen LogP contribution in [0.5, 0.6) is 0 Å².